The van der Waals surface area contributed by atoms with Gasteiger partial charge < -0.3 is 5.32 Å². The molecule has 2 unspecified atom stereocenters. The molecule has 1 N–H and O–H groups in total. The van der Waals surface area contributed by atoms with E-state index < -0.39 is 0 Å². The third kappa shape index (κ3) is 3.16. The van der Waals surface area contributed by atoms with Crippen molar-refractivity contribution in [2.75, 3.05) is 6.54 Å². The molecule has 1 amide bonds. The van der Waals surface area contributed by atoms with E-state index in [0.717, 1.165) is 25.8 Å². The fourth-order valence-corrected chi connectivity index (χ4v) is 2.49. The Morgan fingerprint density at radius 1 is 1.21 bits per heavy atom. The van der Waals surface area contributed by atoms with E-state index in [-0.39, 0.29) is 5.91 Å². The normalized spacial score (nSPS) is 31.8. The molecule has 0 aromatic rings. The molecule has 2 aliphatic carbocycles. The molecule has 0 aromatic carbocycles. The van der Waals surface area contributed by atoms with Crippen molar-refractivity contribution in [3.05, 3.63) is 0 Å². The van der Waals surface area contributed by atoms with Crippen molar-refractivity contribution in [3.8, 4) is 0 Å². The molecular formula is C11H18ClNO. The predicted molar refractivity (Wildman–Crippen MR) is 57.3 cm³/mol. The summed E-state index contributed by atoms with van der Waals surface area (Å²) in [5, 5.41) is 3.37. The van der Waals surface area contributed by atoms with Crippen LogP contribution in [0.1, 0.15) is 38.5 Å². The maximum Gasteiger partial charge on any atom is 0.220 e. The average molecular weight is 216 g/mol. The van der Waals surface area contributed by atoms with Gasteiger partial charge in [-0.3, -0.25) is 4.79 Å². The van der Waals surface area contributed by atoms with Crippen molar-refractivity contribution >= 4 is 17.5 Å². The van der Waals surface area contributed by atoms with Gasteiger partial charge >= 0.3 is 0 Å². The molecule has 0 heterocycles. The van der Waals surface area contributed by atoms with Gasteiger partial charge in [-0.15, -0.1) is 11.6 Å². The fourth-order valence-electron chi connectivity index (χ4n) is 2.11. The highest BCUT2D eigenvalue weighted by molar-refractivity contribution is 6.20. The van der Waals surface area contributed by atoms with Gasteiger partial charge in [-0.1, -0.05) is 0 Å². The second kappa shape index (κ2) is 4.52. The Labute approximate surface area is 90.4 Å². The number of rotatable bonds is 4. The minimum absolute atomic E-state index is 0.241. The lowest BCUT2D eigenvalue weighted by atomic mass is 10.1. The summed E-state index contributed by atoms with van der Waals surface area (Å²) in [7, 11) is 0. The minimum Gasteiger partial charge on any atom is -0.356 e. The van der Waals surface area contributed by atoms with Gasteiger partial charge in [0.2, 0.25) is 5.91 Å². The van der Waals surface area contributed by atoms with E-state index in [1.807, 2.05) is 0 Å². The van der Waals surface area contributed by atoms with Crippen LogP contribution < -0.4 is 5.32 Å². The van der Waals surface area contributed by atoms with Crippen LogP contribution in [0, 0.1) is 11.8 Å². The molecule has 80 valence electrons. The first kappa shape index (κ1) is 10.3. The lowest BCUT2D eigenvalue weighted by Gasteiger charge is -2.10. The third-order valence-corrected chi connectivity index (χ3v) is 3.63. The lowest BCUT2D eigenvalue weighted by Crippen LogP contribution is -2.28. The van der Waals surface area contributed by atoms with Gasteiger partial charge in [0.15, 0.2) is 0 Å². The standard InChI is InChI=1S/C11H18ClNO/c12-10-4-3-9(5-10)7-13-11(14)6-8-1-2-8/h8-10H,1-7H2,(H,13,14). The number of carbonyl (C=O) groups excluding carboxylic acids is 1. The summed E-state index contributed by atoms with van der Waals surface area (Å²) in [4.78, 5) is 11.4. The molecule has 0 aromatic heterocycles. The Hall–Kier alpha value is -0.240. The summed E-state index contributed by atoms with van der Waals surface area (Å²) in [5.74, 6) is 1.56. The van der Waals surface area contributed by atoms with E-state index in [9.17, 15) is 4.79 Å². The van der Waals surface area contributed by atoms with Crippen LogP contribution in [-0.4, -0.2) is 17.8 Å². The molecule has 2 saturated carbocycles. The number of hydrogen-bond donors (Lipinski definition) is 1. The van der Waals surface area contributed by atoms with Crippen molar-refractivity contribution in [2.24, 2.45) is 11.8 Å². The molecule has 0 saturated heterocycles. The molecular weight excluding hydrogens is 198 g/mol. The van der Waals surface area contributed by atoms with Crippen LogP contribution in [0.3, 0.4) is 0 Å². The van der Waals surface area contributed by atoms with Gasteiger partial charge in [-0.05, 0) is 43.9 Å². The number of amides is 1. The zero-order valence-electron chi connectivity index (χ0n) is 8.47. The van der Waals surface area contributed by atoms with Crippen LogP contribution in [0.4, 0.5) is 0 Å². The molecule has 2 fully saturated rings. The summed E-state index contributed by atoms with van der Waals surface area (Å²) in [6, 6.07) is 0. The number of hydrogen-bond acceptors (Lipinski definition) is 1. The maximum absolute atomic E-state index is 11.4. The lowest BCUT2D eigenvalue weighted by molar-refractivity contribution is -0.121. The topological polar surface area (TPSA) is 29.1 Å². The zero-order valence-corrected chi connectivity index (χ0v) is 9.22. The predicted octanol–water partition coefficient (Wildman–Crippen LogP) is 2.31. The van der Waals surface area contributed by atoms with Gasteiger partial charge in [-0.2, -0.15) is 0 Å². The van der Waals surface area contributed by atoms with Crippen LogP contribution in [0.2, 0.25) is 0 Å². The molecule has 0 aliphatic heterocycles. The molecule has 2 rings (SSSR count). The van der Waals surface area contributed by atoms with Crippen molar-refractivity contribution in [1.29, 1.82) is 0 Å². The Morgan fingerprint density at radius 2 is 1.93 bits per heavy atom. The van der Waals surface area contributed by atoms with Crippen molar-refractivity contribution in [2.45, 2.75) is 43.9 Å². The largest absolute Gasteiger partial charge is 0.356 e. The number of carbonyl (C=O) groups is 1. The monoisotopic (exact) mass is 215 g/mol. The van der Waals surface area contributed by atoms with E-state index in [4.69, 9.17) is 11.6 Å². The summed E-state index contributed by atoms with van der Waals surface area (Å²) in [6.45, 7) is 0.842. The van der Waals surface area contributed by atoms with Crippen LogP contribution in [0.25, 0.3) is 0 Å². The van der Waals surface area contributed by atoms with Crippen LogP contribution >= 0.6 is 11.6 Å². The zero-order chi connectivity index (χ0) is 9.97. The molecule has 0 spiro atoms. The van der Waals surface area contributed by atoms with Gasteiger partial charge in [0.25, 0.3) is 0 Å². The Kier molecular flexibility index (Phi) is 3.32. The minimum atomic E-state index is 0.241. The molecule has 0 bridgehead atoms. The summed E-state index contributed by atoms with van der Waals surface area (Å²) in [5.41, 5.74) is 0. The third-order valence-electron chi connectivity index (χ3n) is 3.24. The van der Waals surface area contributed by atoms with Crippen LogP contribution in [0.5, 0.6) is 0 Å². The van der Waals surface area contributed by atoms with Crippen molar-refractivity contribution < 1.29 is 4.79 Å². The molecule has 2 nitrogen and oxygen atoms in total. The Balaban J connectivity index is 1.59. The maximum atomic E-state index is 11.4. The van der Waals surface area contributed by atoms with Gasteiger partial charge in [0.1, 0.15) is 0 Å². The number of nitrogens with one attached hydrogen (secondary N) is 1. The molecule has 2 aliphatic rings. The fraction of sp³-hybridized carbons (Fsp3) is 0.909. The van der Waals surface area contributed by atoms with Crippen LogP contribution in [0.15, 0.2) is 0 Å². The van der Waals surface area contributed by atoms with Crippen LogP contribution in [-0.2, 0) is 4.79 Å². The molecule has 2 atom stereocenters. The Morgan fingerprint density at radius 3 is 2.50 bits per heavy atom. The van der Waals surface area contributed by atoms with E-state index in [2.05, 4.69) is 5.32 Å². The number of halogens is 1. The SMILES string of the molecule is O=C(CC1CC1)NCC1CCC(Cl)C1. The van der Waals surface area contributed by atoms with Crippen molar-refractivity contribution in [3.63, 3.8) is 0 Å². The summed E-state index contributed by atoms with van der Waals surface area (Å²) < 4.78 is 0. The second-order valence-electron chi connectivity index (χ2n) is 4.73. The van der Waals surface area contributed by atoms with E-state index >= 15 is 0 Å². The first-order chi connectivity index (χ1) is 6.74. The van der Waals surface area contributed by atoms with Gasteiger partial charge in [0.05, 0.1) is 0 Å². The highest BCUT2D eigenvalue weighted by Gasteiger charge is 2.26. The first-order valence-electron chi connectivity index (χ1n) is 5.65. The smallest absolute Gasteiger partial charge is 0.220 e. The van der Waals surface area contributed by atoms with E-state index in [1.54, 1.807) is 0 Å². The van der Waals surface area contributed by atoms with Crippen molar-refractivity contribution in [1.82, 2.24) is 5.32 Å². The second-order valence-corrected chi connectivity index (χ2v) is 5.35. The quantitative estimate of drug-likeness (QED) is 0.717. The Bertz CT molecular complexity index is 215. The molecule has 0 radical (unpaired) electrons. The molecule has 3 heteroatoms. The first-order valence-corrected chi connectivity index (χ1v) is 6.08. The van der Waals surface area contributed by atoms with Gasteiger partial charge in [0, 0.05) is 18.3 Å². The van der Waals surface area contributed by atoms with E-state index in [0.29, 0.717) is 17.2 Å². The highest BCUT2D eigenvalue weighted by atomic mass is 35.5. The number of alkyl halides is 1. The average Bonchev–Trinajstić information content (AvgIpc) is 2.85. The molecule has 14 heavy (non-hydrogen) atoms. The summed E-state index contributed by atoms with van der Waals surface area (Å²) in [6.07, 6.45) is 6.62. The highest BCUT2D eigenvalue weighted by Crippen LogP contribution is 2.32. The summed E-state index contributed by atoms with van der Waals surface area (Å²) >= 11 is 6.00. The van der Waals surface area contributed by atoms with Gasteiger partial charge in [-0.25, -0.2) is 0 Å². The van der Waals surface area contributed by atoms with E-state index in [1.165, 1.54) is 19.3 Å².